The number of hydrogen-bond acceptors (Lipinski definition) is 5. The highest BCUT2D eigenvalue weighted by Crippen LogP contribution is 2.36. The van der Waals surface area contributed by atoms with Crippen molar-refractivity contribution in [2.45, 2.75) is 32.4 Å². The Morgan fingerprint density at radius 1 is 1.07 bits per heavy atom. The minimum atomic E-state index is 0.0886. The van der Waals surface area contributed by atoms with Gasteiger partial charge in [-0.3, -0.25) is 24.6 Å². The van der Waals surface area contributed by atoms with E-state index in [-0.39, 0.29) is 5.56 Å². The Morgan fingerprint density at radius 3 is 2.79 bits per heavy atom. The Morgan fingerprint density at radius 2 is 2.00 bits per heavy atom. The van der Waals surface area contributed by atoms with Gasteiger partial charge in [-0.2, -0.15) is 0 Å². The van der Waals surface area contributed by atoms with E-state index in [9.17, 15) is 4.79 Å². The lowest BCUT2D eigenvalue weighted by atomic mass is 9.82. The zero-order chi connectivity index (χ0) is 19.1. The molecule has 0 radical (unpaired) electrons. The standard InChI is InChI=1S/C22H23N5O/c1-15-9-25-19(10-24-15)14-26-11-16-6-18(13-26)21-7-17(8-22(28)27(21)12-16)20-4-2-3-5-23-20/h2-5,7-10,16,18H,6,11-14H2,1H3/t16-,18+/m0/s1. The molecule has 5 heterocycles. The predicted molar refractivity (Wildman–Crippen MR) is 107 cm³/mol. The van der Waals surface area contributed by atoms with Gasteiger partial charge in [0.2, 0.25) is 0 Å². The number of piperidine rings is 1. The van der Waals surface area contributed by atoms with Crippen LogP contribution in [0.5, 0.6) is 0 Å². The summed E-state index contributed by atoms with van der Waals surface area (Å²) in [5.41, 5.74) is 4.94. The molecular weight excluding hydrogens is 350 g/mol. The van der Waals surface area contributed by atoms with Gasteiger partial charge in [0.15, 0.2) is 0 Å². The van der Waals surface area contributed by atoms with Crippen LogP contribution >= 0.6 is 0 Å². The second-order valence-electron chi connectivity index (χ2n) is 7.97. The second-order valence-corrected chi connectivity index (χ2v) is 7.97. The molecule has 2 atom stereocenters. The van der Waals surface area contributed by atoms with Gasteiger partial charge < -0.3 is 4.57 Å². The molecule has 2 aliphatic rings. The van der Waals surface area contributed by atoms with Crippen molar-refractivity contribution in [2.24, 2.45) is 5.92 Å². The van der Waals surface area contributed by atoms with Crippen LogP contribution in [0.2, 0.25) is 0 Å². The van der Waals surface area contributed by atoms with Gasteiger partial charge in [0.05, 0.1) is 17.1 Å². The molecule has 0 saturated carbocycles. The van der Waals surface area contributed by atoms with Crippen LogP contribution in [-0.4, -0.2) is 37.5 Å². The van der Waals surface area contributed by atoms with Gasteiger partial charge in [-0.05, 0) is 37.5 Å². The van der Waals surface area contributed by atoms with Crippen LogP contribution in [0.3, 0.4) is 0 Å². The summed E-state index contributed by atoms with van der Waals surface area (Å²) < 4.78 is 1.98. The topological polar surface area (TPSA) is 63.9 Å². The summed E-state index contributed by atoms with van der Waals surface area (Å²) in [6.07, 6.45) is 6.61. The molecule has 0 spiro atoms. The zero-order valence-corrected chi connectivity index (χ0v) is 16.0. The molecule has 0 N–H and O–H groups in total. The fourth-order valence-corrected chi connectivity index (χ4v) is 4.60. The van der Waals surface area contributed by atoms with E-state index in [2.05, 4.69) is 25.9 Å². The molecule has 0 aliphatic carbocycles. The first-order valence-corrected chi connectivity index (χ1v) is 9.82. The highest BCUT2D eigenvalue weighted by Gasteiger charge is 2.35. The van der Waals surface area contributed by atoms with Gasteiger partial charge in [-0.25, -0.2) is 0 Å². The predicted octanol–water partition coefficient (Wildman–Crippen LogP) is 2.63. The van der Waals surface area contributed by atoms with Crippen LogP contribution in [0, 0.1) is 12.8 Å². The maximum absolute atomic E-state index is 12.8. The third kappa shape index (κ3) is 3.24. The Kier molecular flexibility index (Phi) is 4.28. The number of hydrogen-bond donors (Lipinski definition) is 0. The molecule has 6 heteroatoms. The minimum absolute atomic E-state index is 0.0886. The number of pyridine rings is 2. The summed E-state index contributed by atoms with van der Waals surface area (Å²) in [5, 5.41) is 0. The van der Waals surface area contributed by atoms with E-state index in [0.717, 1.165) is 60.9 Å². The van der Waals surface area contributed by atoms with E-state index in [1.165, 1.54) is 0 Å². The smallest absolute Gasteiger partial charge is 0.251 e. The Labute approximate surface area is 163 Å². The molecule has 0 aromatic carbocycles. The average Bonchev–Trinajstić information content (AvgIpc) is 2.71. The van der Waals surface area contributed by atoms with Gasteiger partial charge in [0, 0.05) is 68.0 Å². The fraction of sp³-hybridized carbons (Fsp3) is 0.364. The minimum Gasteiger partial charge on any atom is -0.312 e. The molecule has 0 unspecified atom stereocenters. The number of rotatable bonds is 3. The second kappa shape index (κ2) is 6.95. The first-order chi connectivity index (χ1) is 13.7. The molecular formula is C22H23N5O. The molecule has 3 aromatic heterocycles. The van der Waals surface area contributed by atoms with Crippen molar-refractivity contribution in [1.29, 1.82) is 0 Å². The molecule has 5 rings (SSSR count). The van der Waals surface area contributed by atoms with Crippen LogP contribution in [0.15, 0.2) is 53.7 Å². The Hall–Kier alpha value is -2.86. The molecule has 1 fully saturated rings. The van der Waals surface area contributed by atoms with E-state index in [0.29, 0.717) is 11.8 Å². The summed E-state index contributed by atoms with van der Waals surface area (Å²) in [6, 6.07) is 9.71. The van der Waals surface area contributed by atoms with Crippen LogP contribution < -0.4 is 5.56 Å². The maximum atomic E-state index is 12.8. The number of aromatic nitrogens is 4. The van der Waals surface area contributed by atoms with E-state index >= 15 is 0 Å². The van der Waals surface area contributed by atoms with Crippen LogP contribution in [-0.2, 0) is 13.1 Å². The lowest BCUT2D eigenvalue weighted by Crippen LogP contribution is -2.46. The zero-order valence-electron chi connectivity index (χ0n) is 16.0. The molecule has 2 bridgehead atoms. The quantitative estimate of drug-likeness (QED) is 0.706. The van der Waals surface area contributed by atoms with Crippen LogP contribution in [0.4, 0.5) is 0 Å². The first kappa shape index (κ1) is 17.3. The van der Waals surface area contributed by atoms with E-state index < -0.39 is 0 Å². The summed E-state index contributed by atoms with van der Waals surface area (Å²) >= 11 is 0. The summed E-state index contributed by atoms with van der Waals surface area (Å²) in [6.45, 7) is 5.50. The lowest BCUT2D eigenvalue weighted by molar-refractivity contribution is 0.113. The normalized spacial score (nSPS) is 21.3. The van der Waals surface area contributed by atoms with E-state index in [4.69, 9.17) is 0 Å². The van der Waals surface area contributed by atoms with Gasteiger partial charge in [0.25, 0.3) is 5.56 Å². The van der Waals surface area contributed by atoms with E-state index in [1.807, 2.05) is 42.1 Å². The highest BCUT2D eigenvalue weighted by atomic mass is 16.1. The summed E-state index contributed by atoms with van der Waals surface area (Å²) in [7, 11) is 0. The molecule has 3 aromatic rings. The van der Waals surface area contributed by atoms with Crippen LogP contribution in [0.25, 0.3) is 11.3 Å². The van der Waals surface area contributed by atoms with E-state index in [1.54, 1.807) is 12.3 Å². The average molecular weight is 373 g/mol. The number of aryl methyl sites for hydroxylation is 1. The van der Waals surface area contributed by atoms with Crippen LogP contribution in [0.1, 0.15) is 29.4 Å². The Balaban J connectivity index is 1.44. The van der Waals surface area contributed by atoms with Crippen molar-refractivity contribution in [3.8, 4) is 11.3 Å². The van der Waals surface area contributed by atoms with Gasteiger partial charge in [-0.1, -0.05) is 6.07 Å². The summed E-state index contributed by atoms with van der Waals surface area (Å²) in [5.74, 6) is 0.866. The molecule has 2 aliphatic heterocycles. The molecule has 0 amide bonds. The summed E-state index contributed by atoms with van der Waals surface area (Å²) in [4.78, 5) is 28.6. The largest absolute Gasteiger partial charge is 0.312 e. The number of likely N-dealkylation sites (tertiary alicyclic amines) is 1. The maximum Gasteiger partial charge on any atom is 0.251 e. The molecule has 28 heavy (non-hydrogen) atoms. The van der Waals surface area contributed by atoms with Crippen molar-refractivity contribution >= 4 is 0 Å². The highest BCUT2D eigenvalue weighted by molar-refractivity contribution is 5.59. The van der Waals surface area contributed by atoms with Crippen molar-refractivity contribution in [3.05, 3.63) is 76.4 Å². The van der Waals surface area contributed by atoms with Gasteiger partial charge >= 0.3 is 0 Å². The van der Waals surface area contributed by atoms with Crippen molar-refractivity contribution in [3.63, 3.8) is 0 Å². The van der Waals surface area contributed by atoms with Crippen molar-refractivity contribution < 1.29 is 0 Å². The van der Waals surface area contributed by atoms with Crippen molar-refractivity contribution in [1.82, 2.24) is 24.4 Å². The molecule has 142 valence electrons. The fourth-order valence-electron chi connectivity index (χ4n) is 4.60. The first-order valence-electron chi connectivity index (χ1n) is 9.82. The number of fused-ring (bicyclic) bond motifs is 4. The molecule has 1 saturated heterocycles. The Bertz CT molecular complexity index is 1040. The van der Waals surface area contributed by atoms with Crippen molar-refractivity contribution in [2.75, 3.05) is 13.1 Å². The lowest BCUT2D eigenvalue weighted by Gasteiger charge is -2.42. The third-order valence-electron chi connectivity index (χ3n) is 5.81. The van der Waals surface area contributed by atoms with Gasteiger partial charge in [-0.15, -0.1) is 0 Å². The molecule has 6 nitrogen and oxygen atoms in total. The SMILES string of the molecule is Cc1cnc(CN2C[C@@H]3C[C@H](C2)c2cc(-c4ccccn4)cc(=O)n2C3)cn1. The van der Waals surface area contributed by atoms with Gasteiger partial charge in [0.1, 0.15) is 0 Å². The number of nitrogens with zero attached hydrogens (tertiary/aromatic N) is 5. The third-order valence-corrected chi connectivity index (χ3v) is 5.81. The monoisotopic (exact) mass is 373 g/mol.